The molecule has 0 N–H and O–H groups in total. The van der Waals surface area contributed by atoms with E-state index in [1.165, 1.54) is 16.2 Å². The van der Waals surface area contributed by atoms with E-state index in [0.29, 0.717) is 11.6 Å². The van der Waals surface area contributed by atoms with Crippen LogP contribution in [-0.2, 0) is 0 Å². The molecule has 0 saturated carbocycles. The molecule has 0 radical (unpaired) electrons. The molecule has 4 nitrogen and oxygen atoms in total. The molecular weight excluding hydrogens is 633 g/mol. The average molecular weight is 663 g/mol. The molecule has 0 fully saturated rings. The predicted molar refractivity (Wildman–Crippen MR) is 215 cm³/mol. The van der Waals surface area contributed by atoms with Crippen molar-refractivity contribution in [1.82, 2.24) is 19.9 Å². The van der Waals surface area contributed by atoms with Gasteiger partial charge in [0, 0.05) is 22.3 Å². The molecular formula is C48H30N4. The minimum Gasteiger partial charge on any atom is -0.228 e. The van der Waals surface area contributed by atoms with E-state index in [1.54, 1.807) is 0 Å². The molecule has 242 valence electrons. The normalized spacial score (nSPS) is 11.5. The Hall–Kier alpha value is -7.04. The molecule has 8 aromatic carbocycles. The Kier molecular flexibility index (Phi) is 7.10. The van der Waals surface area contributed by atoms with Crippen LogP contribution in [0.3, 0.4) is 0 Å². The van der Waals surface area contributed by atoms with Crippen LogP contribution < -0.4 is 0 Å². The summed E-state index contributed by atoms with van der Waals surface area (Å²) in [5, 5.41) is 9.18. The van der Waals surface area contributed by atoms with E-state index in [-0.39, 0.29) is 0 Å². The summed E-state index contributed by atoms with van der Waals surface area (Å²) in [6.45, 7) is 0. The molecule has 0 aliphatic heterocycles. The van der Waals surface area contributed by atoms with E-state index in [1.807, 2.05) is 36.4 Å². The first-order valence-corrected chi connectivity index (χ1v) is 17.5. The van der Waals surface area contributed by atoms with Gasteiger partial charge in [0.05, 0.1) is 22.8 Å². The second-order valence-corrected chi connectivity index (χ2v) is 13.0. The monoisotopic (exact) mass is 662 g/mol. The molecule has 0 bridgehead atoms. The number of nitrogens with zero attached hydrogens (tertiary/aromatic N) is 4. The van der Waals surface area contributed by atoms with E-state index in [2.05, 4.69) is 146 Å². The lowest BCUT2D eigenvalue weighted by Gasteiger charge is -2.15. The Bertz CT molecular complexity index is 2900. The van der Waals surface area contributed by atoms with Gasteiger partial charge in [-0.3, -0.25) is 0 Å². The van der Waals surface area contributed by atoms with E-state index in [0.717, 1.165) is 72.0 Å². The summed E-state index contributed by atoms with van der Waals surface area (Å²) in [7, 11) is 0. The Morgan fingerprint density at radius 1 is 0.269 bits per heavy atom. The lowest BCUT2D eigenvalue weighted by atomic mass is 9.96. The minimum atomic E-state index is 0.647. The number of fused-ring (bicyclic) bond motifs is 5. The highest BCUT2D eigenvalue weighted by Gasteiger charge is 2.19. The number of rotatable bonds is 5. The molecule has 2 heterocycles. The summed E-state index contributed by atoms with van der Waals surface area (Å²) in [6, 6.07) is 63.2. The van der Waals surface area contributed by atoms with Crippen LogP contribution in [0.1, 0.15) is 0 Å². The van der Waals surface area contributed by atoms with Crippen LogP contribution in [-0.4, -0.2) is 19.9 Å². The van der Waals surface area contributed by atoms with Crippen LogP contribution >= 0.6 is 0 Å². The summed E-state index contributed by atoms with van der Waals surface area (Å²) in [5.41, 5.74) is 7.11. The van der Waals surface area contributed by atoms with E-state index in [9.17, 15) is 0 Å². The van der Waals surface area contributed by atoms with Crippen molar-refractivity contribution in [3.63, 3.8) is 0 Å². The fourth-order valence-corrected chi connectivity index (χ4v) is 7.39. The molecule has 10 aromatic rings. The van der Waals surface area contributed by atoms with Crippen LogP contribution in [0.15, 0.2) is 182 Å². The van der Waals surface area contributed by atoms with Gasteiger partial charge in [-0.05, 0) is 61.3 Å². The molecule has 52 heavy (non-hydrogen) atoms. The number of hydrogen-bond donors (Lipinski definition) is 0. The molecule has 4 heteroatoms. The number of aromatic nitrogens is 4. The Morgan fingerprint density at radius 3 is 1.38 bits per heavy atom. The lowest BCUT2D eigenvalue weighted by Crippen LogP contribution is -2.01. The predicted octanol–water partition coefficient (Wildman–Crippen LogP) is 12.2. The van der Waals surface area contributed by atoms with Gasteiger partial charge in [0.25, 0.3) is 0 Å². The molecule has 0 unspecified atom stereocenters. The molecule has 10 rings (SSSR count). The summed E-state index contributed by atoms with van der Waals surface area (Å²) in [4.78, 5) is 21.2. The first-order valence-electron chi connectivity index (χ1n) is 17.5. The fourth-order valence-electron chi connectivity index (χ4n) is 7.39. The molecule has 0 atom stereocenters. The van der Waals surface area contributed by atoms with E-state index >= 15 is 0 Å². The lowest BCUT2D eigenvalue weighted by molar-refractivity contribution is 1.14. The number of benzene rings is 8. The zero-order valence-electron chi connectivity index (χ0n) is 28.1. The fraction of sp³-hybridized carbons (Fsp3) is 0. The maximum absolute atomic E-state index is 5.37. The third-order valence-electron chi connectivity index (χ3n) is 9.88. The van der Waals surface area contributed by atoms with Crippen LogP contribution in [0.4, 0.5) is 0 Å². The van der Waals surface area contributed by atoms with Crippen molar-refractivity contribution in [3.8, 4) is 56.7 Å². The van der Waals surface area contributed by atoms with Crippen LogP contribution in [0.5, 0.6) is 0 Å². The third-order valence-corrected chi connectivity index (χ3v) is 9.88. The summed E-state index contributed by atoms with van der Waals surface area (Å²) < 4.78 is 0. The second-order valence-electron chi connectivity index (χ2n) is 13.0. The van der Waals surface area contributed by atoms with Crippen LogP contribution in [0.2, 0.25) is 0 Å². The largest absolute Gasteiger partial charge is 0.228 e. The first kappa shape index (κ1) is 29.8. The standard InChI is InChI=1S/C48H30N4/c1-3-15-32(16-4-1)42-29-44(51-47(49-42)41-25-13-24-39-36-21-10-7-14-31(36)26-27-40(39)41)45-30-43(33-17-5-2-6-18-33)50-48(52-45)46-37-22-11-8-19-34(37)28-35-20-9-12-23-38(35)46/h1-30H. The minimum absolute atomic E-state index is 0.647. The second kappa shape index (κ2) is 12.4. The maximum Gasteiger partial charge on any atom is 0.161 e. The van der Waals surface area contributed by atoms with Crippen molar-refractivity contribution >= 4 is 43.1 Å². The molecule has 0 aliphatic carbocycles. The van der Waals surface area contributed by atoms with Gasteiger partial charge in [0.15, 0.2) is 11.6 Å². The van der Waals surface area contributed by atoms with Crippen molar-refractivity contribution in [2.45, 2.75) is 0 Å². The smallest absolute Gasteiger partial charge is 0.161 e. The Balaban J connectivity index is 1.26. The SMILES string of the molecule is c1ccc(-c2cc(-c3cc(-c4ccccc4)nc(-c4cccc5c4ccc4ccccc45)n3)nc(-c3c4ccccc4cc4ccccc34)n2)cc1. The number of hydrogen-bond acceptors (Lipinski definition) is 4. The van der Waals surface area contributed by atoms with E-state index in [4.69, 9.17) is 19.9 Å². The Morgan fingerprint density at radius 2 is 0.750 bits per heavy atom. The van der Waals surface area contributed by atoms with Gasteiger partial charge in [-0.1, -0.05) is 164 Å². The topological polar surface area (TPSA) is 51.6 Å². The zero-order chi connectivity index (χ0) is 34.4. The van der Waals surface area contributed by atoms with Gasteiger partial charge >= 0.3 is 0 Å². The highest BCUT2D eigenvalue weighted by molar-refractivity contribution is 6.13. The van der Waals surface area contributed by atoms with Crippen molar-refractivity contribution in [1.29, 1.82) is 0 Å². The van der Waals surface area contributed by atoms with E-state index < -0.39 is 0 Å². The molecule has 0 saturated heterocycles. The van der Waals surface area contributed by atoms with Gasteiger partial charge in [-0.25, -0.2) is 19.9 Å². The average Bonchev–Trinajstić information content (AvgIpc) is 3.22. The highest BCUT2D eigenvalue weighted by Crippen LogP contribution is 2.38. The third kappa shape index (κ3) is 5.17. The maximum atomic E-state index is 5.37. The van der Waals surface area contributed by atoms with Crippen LogP contribution in [0.25, 0.3) is 99.8 Å². The van der Waals surface area contributed by atoms with Gasteiger partial charge in [0.1, 0.15) is 0 Å². The molecule has 0 spiro atoms. The van der Waals surface area contributed by atoms with Crippen molar-refractivity contribution in [2.24, 2.45) is 0 Å². The van der Waals surface area contributed by atoms with Gasteiger partial charge < -0.3 is 0 Å². The molecule has 2 aromatic heterocycles. The summed E-state index contributed by atoms with van der Waals surface area (Å²) >= 11 is 0. The first-order chi connectivity index (χ1) is 25.8. The van der Waals surface area contributed by atoms with Crippen molar-refractivity contribution in [3.05, 3.63) is 182 Å². The van der Waals surface area contributed by atoms with Crippen LogP contribution in [0, 0.1) is 0 Å². The Labute approximate surface area is 300 Å². The van der Waals surface area contributed by atoms with Gasteiger partial charge in [0.2, 0.25) is 0 Å². The van der Waals surface area contributed by atoms with Gasteiger partial charge in [-0.15, -0.1) is 0 Å². The van der Waals surface area contributed by atoms with Crippen molar-refractivity contribution in [2.75, 3.05) is 0 Å². The highest BCUT2D eigenvalue weighted by atomic mass is 14.9. The van der Waals surface area contributed by atoms with Crippen molar-refractivity contribution < 1.29 is 0 Å². The quantitative estimate of drug-likeness (QED) is 0.136. The molecule has 0 amide bonds. The summed E-state index contributed by atoms with van der Waals surface area (Å²) in [6.07, 6.45) is 0. The summed E-state index contributed by atoms with van der Waals surface area (Å²) in [5.74, 6) is 1.30. The molecule has 0 aliphatic rings. The van der Waals surface area contributed by atoms with Gasteiger partial charge in [-0.2, -0.15) is 0 Å². The zero-order valence-corrected chi connectivity index (χ0v) is 28.1.